The Balaban J connectivity index is 2.49. The van der Waals surface area contributed by atoms with Gasteiger partial charge in [-0.1, -0.05) is 17.7 Å². The molecule has 0 atom stereocenters. The van der Waals surface area contributed by atoms with E-state index in [1.165, 1.54) is 6.33 Å². The van der Waals surface area contributed by atoms with Gasteiger partial charge in [0.15, 0.2) is 5.69 Å². The number of anilines is 1. The van der Waals surface area contributed by atoms with E-state index >= 15 is 0 Å². The number of rotatable bonds is 2. The maximum absolute atomic E-state index is 10.8. The SMILES string of the molecule is Cc1ccc(-n2cnc(C(=O)O)c2N)cc1. The van der Waals surface area contributed by atoms with Crippen molar-refractivity contribution in [2.45, 2.75) is 6.92 Å². The minimum atomic E-state index is -1.12. The van der Waals surface area contributed by atoms with Crippen LogP contribution in [0.5, 0.6) is 0 Å². The molecule has 1 heterocycles. The highest BCUT2D eigenvalue weighted by Gasteiger charge is 2.14. The molecule has 0 unspecified atom stereocenters. The summed E-state index contributed by atoms with van der Waals surface area (Å²) in [4.78, 5) is 14.5. The summed E-state index contributed by atoms with van der Waals surface area (Å²) in [5.74, 6) is -0.986. The summed E-state index contributed by atoms with van der Waals surface area (Å²) >= 11 is 0. The van der Waals surface area contributed by atoms with Crippen molar-refractivity contribution in [2.24, 2.45) is 0 Å². The summed E-state index contributed by atoms with van der Waals surface area (Å²) in [6.07, 6.45) is 1.41. The maximum Gasteiger partial charge on any atom is 0.358 e. The molecule has 3 N–H and O–H groups in total. The molecule has 16 heavy (non-hydrogen) atoms. The molecule has 5 nitrogen and oxygen atoms in total. The van der Waals surface area contributed by atoms with Gasteiger partial charge in [-0.15, -0.1) is 0 Å². The summed E-state index contributed by atoms with van der Waals surface area (Å²) in [5.41, 5.74) is 7.49. The third kappa shape index (κ3) is 1.63. The molecule has 0 saturated carbocycles. The van der Waals surface area contributed by atoms with Gasteiger partial charge in [-0.2, -0.15) is 0 Å². The van der Waals surface area contributed by atoms with E-state index in [1.54, 1.807) is 4.57 Å². The molecule has 0 bridgehead atoms. The molecule has 2 rings (SSSR count). The van der Waals surface area contributed by atoms with Crippen LogP contribution in [0, 0.1) is 6.92 Å². The number of imidazole rings is 1. The second-order valence-electron chi connectivity index (χ2n) is 3.49. The lowest BCUT2D eigenvalue weighted by Crippen LogP contribution is -2.05. The predicted molar refractivity (Wildman–Crippen MR) is 59.7 cm³/mol. The summed E-state index contributed by atoms with van der Waals surface area (Å²) in [6.45, 7) is 1.98. The fourth-order valence-corrected chi connectivity index (χ4v) is 1.43. The lowest BCUT2D eigenvalue weighted by Gasteiger charge is -2.04. The van der Waals surface area contributed by atoms with Crippen molar-refractivity contribution in [3.05, 3.63) is 41.9 Å². The number of nitrogens with zero attached hydrogens (tertiary/aromatic N) is 2. The number of carboxylic acid groups (broad SMARTS) is 1. The topological polar surface area (TPSA) is 81.1 Å². The largest absolute Gasteiger partial charge is 0.476 e. The first-order valence-electron chi connectivity index (χ1n) is 4.72. The van der Waals surface area contributed by atoms with Gasteiger partial charge in [0.05, 0.1) is 0 Å². The Morgan fingerprint density at radius 3 is 2.50 bits per heavy atom. The summed E-state index contributed by atoms with van der Waals surface area (Å²) < 4.78 is 1.54. The molecule has 1 aromatic heterocycles. The van der Waals surface area contributed by atoms with Crippen LogP contribution < -0.4 is 5.73 Å². The Labute approximate surface area is 92.2 Å². The number of hydrogen-bond donors (Lipinski definition) is 2. The number of aryl methyl sites for hydroxylation is 1. The predicted octanol–water partition coefficient (Wildman–Crippen LogP) is 1.46. The average molecular weight is 217 g/mol. The quantitative estimate of drug-likeness (QED) is 0.797. The molecule has 0 saturated heterocycles. The summed E-state index contributed by atoms with van der Waals surface area (Å²) in [7, 11) is 0. The molecule has 0 fully saturated rings. The van der Waals surface area contributed by atoms with Gasteiger partial charge in [-0.05, 0) is 19.1 Å². The number of carbonyl (C=O) groups is 1. The third-order valence-electron chi connectivity index (χ3n) is 2.32. The fourth-order valence-electron chi connectivity index (χ4n) is 1.43. The van der Waals surface area contributed by atoms with Gasteiger partial charge in [-0.25, -0.2) is 9.78 Å². The minimum Gasteiger partial charge on any atom is -0.476 e. The van der Waals surface area contributed by atoms with Crippen LogP contribution in [-0.2, 0) is 0 Å². The van der Waals surface area contributed by atoms with E-state index in [2.05, 4.69) is 4.98 Å². The molecule has 0 spiro atoms. The normalized spacial score (nSPS) is 10.3. The number of nitrogens with two attached hydrogens (primary N) is 1. The molecule has 1 aromatic carbocycles. The standard InChI is InChI=1S/C11H11N3O2/c1-7-2-4-8(5-3-7)14-6-13-9(10(14)12)11(15)16/h2-6H,12H2,1H3,(H,15,16). The number of benzene rings is 1. The fraction of sp³-hybridized carbons (Fsp3) is 0.0909. The maximum atomic E-state index is 10.8. The Hall–Kier alpha value is -2.30. The lowest BCUT2D eigenvalue weighted by atomic mass is 10.2. The van der Waals surface area contributed by atoms with Crippen molar-refractivity contribution >= 4 is 11.8 Å². The van der Waals surface area contributed by atoms with Crippen molar-refractivity contribution in [3.8, 4) is 5.69 Å². The zero-order valence-corrected chi connectivity index (χ0v) is 8.71. The Kier molecular flexibility index (Phi) is 2.36. The Morgan fingerprint density at radius 1 is 1.38 bits per heavy atom. The van der Waals surface area contributed by atoms with E-state index in [-0.39, 0.29) is 11.5 Å². The molecule has 0 aliphatic carbocycles. The molecule has 5 heteroatoms. The first kappa shape index (κ1) is 10.2. The molecule has 2 aromatic rings. The highest BCUT2D eigenvalue weighted by molar-refractivity contribution is 5.90. The Morgan fingerprint density at radius 2 is 2.00 bits per heavy atom. The minimum absolute atomic E-state index is 0.124. The highest BCUT2D eigenvalue weighted by atomic mass is 16.4. The second kappa shape index (κ2) is 3.69. The van der Waals surface area contributed by atoms with Crippen molar-refractivity contribution in [1.82, 2.24) is 9.55 Å². The molecular weight excluding hydrogens is 206 g/mol. The molecule has 82 valence electrons. The Bertz CT molecular complexity index is 529. The first-order chi connectivity index (χ1) is 7.59. The first-order valence-corrected chi connectivity index (χ1v) is 4.72. The van der Waals surface area contributed by atoms with Crippen molar-refractivity contribution in [1.29, 1.82) is 0 Å². The van der Waals surface area contributed by atoms with Crippen LogP contribution in [0.3, 0.4) is 0 Å². The van der Waals surface area contributed by atoms with Gasteiger partial charge in [0.25, 0.3) is 0 Å². The van der Waals surface area contributed by atoms with Crippen LogP contribution >= 0.6 is 0 Å². The van der Waals surface area contributed by atoms with Crippen LogP contribution in [0.25, 0.3) is 5.69 Å². The van der Waals surface area contributed by atoms with Crippen LogP contribution in [-0.4, -0.2) is 20.6 Å². The van der Waals surface area contributed by atoms with Crippen LogP contribution in [0.15, 0.2) is 30.6 Å². The summed E-state index contributed by atoms with van der Waals surface area (Å²) in [6, 6.07) is 7.57. The number of hydrogen-bond acceptors (Lipinski definition) is 3. The molecule has 0 radical (unpaired) electrons. The van der Waals surface area contributed by atoms with E-state index in [0.29, 0.717) is 0 Å². The second-order valence-corrected chi connectivity index (χ2v) is 3.49. The van der Waals surface area contributed by atoms with E-state index in [4.69, 9.17) is 10.8 Å². The van der Waals surface area contributed by atoms with Crippen LogP contribution in [0.2, 0.25) is 0 Å². The van der Waals surface area contributed by atoms with Crippen LogP contribution in [0.4, 0.5) is 5.82 Å². The van der Waals surface area contributed by atoms with E-state index in [0.717, 1.165) is 11.3 Å². The molecular formula is C11H11N3O2. The smallest absolute Gasteiger partial charge is 0.358 e. The zero-order valence-electron chi connectivity index (χ0n) is 8.71. The van der Waals surface area contributed by atoms with Crippen molar-refractivity contribution < 1.29 is 9.90 Å². The van der Waals surface area contributed by atoms with Gasteiger partial charge < -0.3 is 10.8 Å². The van der Waals surface area contributed by atoms with Gasteiger partial charge in [0.2, 0.25) is 0 Å². The number of nitrogen functional groups attached to an aromatic ring is 1. The molecule has 0 aliphatic rings. The van der Waals surface area contributed by atoms with E-state index in [1.807, 2.05) is 31.2 Å². The molecule has 0 amide bonds. The third-order valence-corrected chi connectivity index (χ3v) is 2.32. The van der Waals surface area contributed by atoms with Crippen molar-refractivity contribution in [3.63, 3.8) is 0 Å². The average Bonchev–Trinajstić information content (AvgIpc) is 2.61. The van der Waals surface area contributed by atoms with Gasteiger partial charge in [0.1, 0.15) is 12.1 Å². The summed E-state index contributed by atoms with van der Waals surface area (Å²) in [5, 5.41) is 8.81. The molecule has 0 aliphatic heterocycles. The van der Waals surface area contributed by atoms with Crippen molar-refractivity contribution in [2.75, 3.05) is 5.73 Å². The van der Waals surface area contributed by atoms with Crippen LogP contribution in [0.1, 0.15) is 16.1 Å². The van der Waals surface area contributed by atoms with E-state index < -0.39 is 5.97 Å². The number of aromatic nitrogens is 2. The van der Waals surface area contributed by atoms with Gasteiger partial charge in [-0.3, -0.25) is 4.57 Å². The zero-order chi connectivity index (χ0) is 11.7. The monoisotopic (exact) mass is 217 g/mol. The van der Waals surface area contributed by atoms with E-state index in [9.17, 15) is 4.79 Å². The lowest BCUT2D eigenvalue weighted by molar-refractivity contribution is 0.0692. The highest BCUT2D eigenvalue weighted by Crippen LogP contribution is 2.17. The van der Waals surface area contributed by atoms with Gasteiger partial charge in [0, 0.05) is 5.69 Å². The number of carboxylic acids is 1. The number of aromatic carboxylic acids is 1. The van der Waals surface area contributed by atoms with Gasteiger partial charge >= 0.3 is 5.97 Å².